The monoisotopic (exact) mass is 119 g/mol. The summed E-state index contributed by atoms with van der Waals surface area (Å²) in [4.78, 5) is 0. The lowest BCUT2D eigenvalue weighted by molar-refractivity contribution is 0.267. The second-order valence-electron chi connectivity index (χ2n) is 1.20. The fraction of sp³-hybridized carbons (Fsp3) is 1.00. The van der Waals surface area contributed by atoms with E-state index in [1.165, 1.54) is 0 Å². The zero-order chi connectivity index (χ0) is 5.54. The first-order chi connectivity index (χ1) is 3.41. The Morgan fingerprint density at radius 3 is 1.62 bits per heavy atom. The van der Waals surface area contributed by atoms with E-state index >= 15 is 0 Å². The van der Waals surface area contributed by atoms with Crippen LogP contribution in [0.2, 0.25) is 0 Å². The maximum atomic E-state index is 8.15. The van der Waals surface area contributed by atoms with E-state index in [4.69, 9.17) is 10.2 Å². The first-order valence-corrected chi connectivity index (χ1v) is 2.34. The number of aliphatic hydroxyl groups is 2. The van der Waals surface area contributed by atoms with E-state index in [1.807, 2.05) is 0 Å². The number of aliphatic hydroxyl groups excluding tert-OH is 2. The van der Waals surface area contributed by atoms with Crippen molar-refractivity contribution >= 4 is 0 Å². The maximum absolute atomic E-state index is 8.15. The number of hydrogen-bond donors (Lipinski definition) is 3. The Labute approximate surface area is 49.1 Å². The van der Waals surface area contributed by atoms with Gasteiger partial charge < -0.3 is 15.5 Å². The largest absolute Gasteiger partial charge is 0.395 e. The first-order valence-electron chi connectivity index (χ1n) is 2.34. The number of rotatable bonds is 4. The third kappa shape index (κ3) is 9.28. The van der Waals surface area contributed by atoms with Gasteiger partial charge in [-0.05, 0) is 0 Å². The Morgan fingerprint density at radius 2 is 1.38 bits per heavy atom. The fourth-order valence-electron chi connectivity index (χ4n) is 0.283. The Kier molecular flexibility index (Phi) is 13.4. The molecule has 49 valence electrons. The molecule has 4 heteroatoms. The molecule has 0 amide bonds. The molecule has 0 aromatic carbocycles. The molecule has 0 aliphatic carbocycles. The summed E-state index contributed by atoms with van der Waals surface area (Å²) >= 11 is 0. The zero-order valence-electron chi connectivity index (χ0n) is 4.67. The summed E-state index contributed by atoms with van der Waals surface area (Å²) in [5, 5.41) is 19.1. The molecule has 0 atom stereocenters. The second-order valence-corrected chi connectivity index (χ2v) is 1.20. The van der Waals surface area contributed by atoms with Gasteiger partial charge in [-0.1, -0.05) is 0 Å². The van der Waals surface area contributed by atoms with E-state index in [-0.39, 0.29) is 19.4 Å². The Hall–Kier alpha value is -0.160. The normalized spacial score (nSPS) is 8.25. The molecule has 0 saturated heterocycles. The molecule has 4 nitrogen and oxygen atoms in total. The molecule has 0 bridgehead atoms. The number of nitrogens with one attached hydrogen (secondary N) is 1. The van der Waals surface area contributed by atoms with E-state index in [9.17, 15) is 0 Å². The third-order valence-corrected chi connectivity index (χ3v) is 0.577. The maximum Gasteiger partial charge on any atom is 0.0555 e. The molecule has 0 rings (SSSR count). The summed E-state index contributed by atoms with van der Waals surface area (Å²) in [6, 6.07) is 0. The molecule has 0 fully saturated rings. The van der Waals surface area contributed by atoms with Crippen molar-refractivity contribution in [2.45, 2.75) is 0 Å². The van der Waals surface area contributed by atoms with E-state index in [1.54, 1.807) is 0 Å². The van der Waals surface area contributed by atoms with Gasteiger partial charge in [-0.25, -0.2) is 0 Å². The van der Waals surface area contributed by atoms with E-state index in [0.29, 0.717) is 13.1 Å². The molecule has 3 radical (unpaired) electrons. The van der Waals surface area contributed by atoms with Crippen molar-refractivity contribution in [3.8, 4) is 0 Å². The van der Waals surface area contributed by atoms with Gasteiger partial charge in [0, 0.05) is 19.2 Å². The lowest BCUT2D eigenvalue weighted by Gasteiger charge is -1.94. The van der Waals surface area contributed by atoms with Crippen LogP contribution in [-0.4, -0.2) is 36.5 Å². The van der Waals surface area contributed by atoms with Crippen molar-refractivity contribution in [1.29, 1.82) is 0 Å². The van der Waals surface area contributed by atoms with Gasteiger partial charge in [0.05, 0.1) is 13.2 Å². The van der Waals surface area contributed by atoms with Gasteiger partial charge >= 0.3 is 0 Å². The van der Waals surface area contributed by atoms with Crippen LogP contribution in [0.1, 0.15) is 0 Å². The van der Waals surface area contributed by atoms with Gasteiger partial charge in [0.15, 0.2) is 0 Å². The van der Waals surface area contributed by atoms with Gasteiger partial charge in [-0.15, -0.1) is 0 Å². The van der Waals surface area contributed by atoms with Crippen molar-refractivity contribution in [2.24, 2.45) is 0 Å². The molecule has 0 aromatic rings. The van der Waals surface area contributed by atoms with Crippen molar-refractivity contribution in [2.75, 3.05) is 26.3 Å². The minimum atomic E-state index is 0. The zero-order valence-corrected chi connectivity index (χ0v) is 4.67. The van der Waals surface area contributed by atoms with Crippen LogP contribution in [0.25, 0.3) is 0 Å². The summed E-state index contributed by atoms with van der Waals surface area (Å²) in [5.41, 5.74) is 0. The van der Waals surface area contributed by atoms with Crippen LogP contribution >= 0.6 is 0 Å². The van der Waals surface area contributed by atoms with Gasteiger partial charge in [0.25, 0.3) is 0 Å². The highest BCUT2D eigenvalue weighted by molar-refractivity contribution is 4.39. The molecule has 0 saturated carbocycles. The average Bonchev–Trinajstić information content (AvgIpc) is 1.69. The summed E-state index contributed by atoms with van der Waals surface area (Å²) in [7, 11) is 0. The smallest absolute Gasteiger partial charge is 0.0555 e. The van der Waals surface area contributed by atoms with Crippen LogP contribution in [0.3, 0.4) is 0 Å². The topological polar surface area (TPSA) is 83.0 Å². The van der Waals surface area contributed by atoms with E-state index < -0.39 is 0 Å². The van der Waals surface area contributed by atoms with Gasteiger partial charge in [0.2, 0.25) is 0 Å². The van der Waals surface area contributed by atoms with Crippen LogP contribution in [-0.2, 0) is 0 Å². The molecule has 0 spiro atoms. The summed E-state index contributed by atoms with van der Waals surface area (Å²) in [6.07, 6.45) is 0. The van der Waals surface area contributed by atoms with Gasteiger partial charge in [0.1, 0.15) is 0 Å². The number of nitrogens with zero attached hydrogens (tertiary/aromatic N) is 1. The van der Waals surface area contributed by atoms with Crippen LogP contribution in [0.4, 0.5) is 0 Å². The van der Waals surface area contributed by atoms with Crippen LogP contribution in [0.5, 0.6) is 0 Å². The Balaban J connectivity index is 0. The van der Waals surface area contributed by atoms with E-state index in [2.05, 4.69) is 5.32 Å². The van der Waals surface area contributed by atoms with Crippen LogP contribution in [0, 0.1) is 0 Å². The van der Waals surface area contributed by atoms with Gasteiger partial charge in [-0.2, -0.15) is 0 Å². The third-order valence-electron chi connectivity index (χ3n) is 0.577. The average molecular weight is 119 g/mol. The molecular weight excluding hydrogens is 108 g/mol. The van der Waals surface area contributed by atoms with Gasteiger partial charge in [-0.3, -0.25) is 0 Å². The first kappa shape index (κ1) is 10.8. The predicted octanol–water partition coefficient (Wildman–Crippen LogP) is -1.92. The van der Waals surface area contributed by atoms with Crippen molar-refractivity contribution in [3.63, 3.8) is 0 Å². The molecule has 0 aliphatic heterocycles. The Bertz CT molecular complexity index is 31.2. The molecular formula is C4H11N2O2. The van der Waals surface area contributed by atoms with E-state index in [0.717, 1.165) is 0 Å². The molecule has 0 heterocycles. The highest BCUT2D eigenvalue weighted by Crippen LogP contribution is 1.54. The summed E-state index contributed by atoms with van der Waals surface area (Å²) < 4.78 is 0. The molecule has 3 N–H and O–H groups in total. The highest BCUT2D eigenvalue weighted by Gasteiger charge is 1.78. The predicted molar refractivity (Wildman–Crippen MR) is 29.2 cm³/mol. The SMILES string of the molecule is OCCNCCO.[N]. The molecule has 0 aromatic heterocycles. The standard InChI is InChI=1S/C4H11NO2.N/c6-3-1-5-2-4-7;/h5-7H,1-4H2;. The van der Waals surface area contributed by atoms with Crippen LogP contribution < -0.4 is 11.5 Å². The molecule has 8 heavy (non-hydrogen) atoms. The number of hydrogen-bond acceptors (Lipinski definition) is 3. The molecule has 0 aliphatic rings. The second kappa shape index (κ2) is 9.96. The lowest BCUT2D eigenvalue weighted by atomic mass is 10.6. The summed E-state index contributed by atoms with van der Waals surface area (Å²) in [6.45, 7) is 1.42. The van der Waals surface area contributed by atoms with Crippen LogP contribution in [0.15, 0.2) is 0 Å². The fourth-order valence-corrected chi connectivity index (χ4v) is 0.283. The van der Waals surface area contributed by atoms with Crippen molar-refractivity contribution in [3.05, 3.63) is 0 Å². The minimum absolute atomic E-state index is 0. The summed E-state index contributed by atoms with van der Waals surface area (Å²) in [5.74, 6) is 0. The van der Waals surface area contributed by atoms with Crippen molar-refractivity contribution in [1.82, 2.24) is 11.5 Å². The van der Waals surface area contributed by atoms with Crippen molar-refractivity contribution < 1.29 is 10.2 Å². The highest BCUT2D eigenvalue weighted by atomic mass is 16.3. The molecule has 0 unspecified atom stereocenters. The Morgan fingerprint density at radius 1 is 1.00 bits per heavy atom. The quantitative estimate of drug-likeness (QED) is 0.377. The minimum Gasteiger partial charge on any atom is -0.395 e. The lowest BCUT2D eigenvalue weighted by Crippen LogP contribution is -2.21.